The number of carbonyl (C=O) groups is 1. The van der Waals surface area contributed by atoms with E-state index in [1.165, 1.54) is 5.57 Å². The van der Waals surface area contributed by atoms with Gasteiger partial charge in [0, 0.05) is 23.3 Å². The lowest BCUT2D eigenvalue weighted by atomic mass is 9.87. The number of aromatic amines is 1. The predicted molar refractivity (Wildman–Crippen MR) is 83.1 cm³/mol. The van der Waals surface area contributed by atoms with Gasteiger partial charge in [-0.05, 0) is 37.8 Å². The minimum atomic E-state index is -0.0832. The Kier molecular flexibility index (Phi) is 3.97. The molecule has 0 aliphatic heterocycles. The van der Waals surface area contributed by atoms with Gasteiger partial charge in [0.25, 0.3) is 0 Å². The molecule has 5 heteroatoms. The lowest BCUT2D eigenvalue weighted by Crippen LogP contribution is -2.19. The van der Waals surface area contributed by atoms with Crippen molar-refractivity contribution in [2.45, 2.75) is 26.2 Å². The van der Waals surface area contributed by atoms with Crippen LogP contribution in [-0.4, -0.2) is 22.5 Å². The quantitative estimate of drug-likeness (QED) is 0.689. The molecule has 0 aromatic carbocycles. The van der Waals surface area contributed by atoms with Gasteiger partial charge < -0.3 is 9.72 Å². The Bertz CT molecular complexity index is 705. The monoisotopic (exact) mass is 304 g/mol. The maximum Gasteiger partial charge on any atom is 0.309 e. The van der Waals surface area contributed by atoms with Gasteiger partial charge >= 0.3 is 5.97 Å². The third-order valence-electron chi connectivity index (χ3n) is 3.91. The van der Waals surface area contributed by atoms with Crippen LogP contribution >= 0.6 is 11.6 Å². The van der Waals surface area contributed by atoms with Crippen molar-refractivity contribution in [1.82, 2.24) is 9.97 Å². The first-order valence-electron chi connectivity index (χ1n) is 7.17. The maximum absolute atomic E-state index is 11.8. The van der Waals surface area contributed by atoms with Crippen molar-refractivity contribution < 1.29 is 9.53 Å². The van der Waals surface area contributed by atoms with Gasteiger partial charge in [0.2, 0.25) is 0 Å². The fourth-order valence-electron chi connectivity index (χ4n) is 2.81. The summed E-state index contributed by atoms with van der Waals surface area (Å²) in [5, 5.41) is 1.55. The lowest BCUT2D eigenvalue weighted by molar-refractivity contribution is -0.148. The van der Waals surface area contributed by atoms with Crippen LogP contribution in [0.4, 0.5) is 0 Å². The Hall–Kier alpha value is -1.81. The van der Waals surface area contributed by atoms with Gasteiger partial charge in [0.1, 0.15) is 5.15 Å². The van der Waals surface area contributed by atoms with E-state index in [0.29, 0.717) is 11.8 Å². The summed E-state index contributed by atoms with van der Waals surface area (Å²) in [6, 6.07) is 1.82. The summed E-state index contributed by atoms with van der Waals surface area (Å²) in [4.78, 5) is 19.1. The highest BCUT2D eigenvalue weighted by molar-refractivity contribution is 6.30. The Morgan fingerprint density at radius 2 is 2.43 bits per heavy atom. The van der Waals surface area contributed by atoms with Crippen LogP contribution in [0.25, 0.3) is 16.5 Å². The number of carbonyl (C=O) groups excluding carboxylic acids is 1. The zero-order valence-corrected chi connectivity index (χ0v) is 12.6. The lowest BCUT2D eigenvalue weighted by Gasteiger charge is -2.20. The molecular weight excluding hydrogens is 288 g/mol. The minimum absolute atomic E-state index is 0.00789. The zero-order chi connectivity index (χ0) is 14.8. The second-order valence-corrected chi connectivity index (χ2v) is 5.59. The molecule has 0 radical (unpaired) electrons. The van der Waals surface area contributed by atoms with Gasteiger partial charge in [0.05, 0.1) is 18.0 Å². The summed E-state index contributed by atoms with van der Waals surface area (Å²) in [6.07, 6.45) is 8.36. The number of esters is 1. The third-order valence-corrected chi connectivity index (χ3v) is 4.12. The molecule has 0 spiro atoms. The first-order chi connectivity index (χ1) is 10.2. The molecule has 0 saturated carbocycles. The van der Waals surface area contributed by atoms with Crippen LogP contribution in [0.5, 0.6) is 0 Å². The van der Waals surface area contributed by atoms with Crippen molar-refractivity contribution >= 4 is 34.0 Å². The number of allylic oxidation sites excluding steroid dienone is 2. The van der Waals surface area contributed by atoms with Crippen molar-refractivity contribution in [3.8, 4) is 0 Å². The van der Waals surface area contributed by atoms with Gasteiger partial charge in [0.15, 0.2) is 0 Å². The van der Waals surface area contributed by atoms with E-state index in [9.17, 15) is 4.79 Å². The molecule has 0 saturated heterocycles. The van der Waals surface area contributed by atoms with E-state index in [-0.39, 0.29) is 11.9 Å². The van der Waals surface area contributed by atoms with E-state index in [1.54, 1.807) is 6.20 Å². The Morgan fingerprint density at radius 3 is 3.14 bits per heavy atom. The first-order valence-corrected chi connectivity index (χ1v) is 7.55. The van der Waals surface area contributed by atoms with Gasteiger partial charge in [-0.25, -0.2) is 4.98 Å². The number of hydrogen-bond donors (Lipinski definition) is 1. The Balaban J connectivity index is 1.83. The number of nitrogens with one attached hydrogen (secondary N) is 1. The smallest absolute Gasteiger partial charge is 0.309 e. The molecule has 2 aromatic rings. The minimum Gasteiger partial charge on any atom is -0.466 e. The summed E-state index contributed by atoms with van der Waals surface area (Å²) in [6.45, 7) is 2.28. The summed E-state index contributed by atoms with van der Waals surface area (Å²) in [5.74, 6) is -0.0911. The van der Waals surface area contributed by atoms with Crippen molar-refractivity contribution in [2.75, 3.05) is 6.61 Å². The van der Waals surface area contributed by atoms with E-state index >= 15 is 0 Å². The van der Waals surface area contributed by atoms with Crippen LogP contribution in [-0.2, 0) is 9.53 Å². The molecule has 3 rings (SSSR count). The van der Waals surface area contributed by atoms with Gasteiger partial charge in [-0.15, -0.1) is 0 Å². The predicted octanol–water partition coefficient (Wildman–Crippen LogP) is 3.96. The highest BCUT2D eigenvalue weighted by atomic mass is 35.5. The number of ether oxygens (including phenoxy) is 1. The normalized spacial score (nSPS) is 18.6. The molecule has 2 heterocycles. The summed E-state index contributed by atoms with van der Waals surface area (Å²) >= 11 is 5.90. The average molecular weight is 305 g/mol. The van der Waals surface area contributed by atoms with E-state index < -0.39 is 0 Å². The van der Waals surface area contributed by atoms with Crippen LogP contribution in [0.2, 0.25) is 5.15 Å². The number of aromatic nitrogens is 2. The molecule has 1 unspecified atom stereocenters. The molecular formula is C16H17ClN2O2. The SMILES string of the molecule is CCOC(=O)C1CC=C(c2c[nH]c3cc(Cl)ncc23)CC1. The molecule has 110 valence electrons. The maximum atomic E-state index is 11.8. The van der Waals surface area contributed by atoms with Gasteiger partial charge in [-0.3, -0.25) is 4.79 Å². The highest BCUT2D eigenvalue weighted by Gasteiger charge is 2.23. The number of hydrogen-bond acceptors (Lipinski definition) is 3. The van der Waals surface area contributed by atoms with E-state index in [4.69, 9.17) is 16.3 Å². The average Bonchev–Trinajstić information content (AvgIpc) is 2.90. The molecule has 0 amide bonds. The molecule has 0 bridgehead atoms. The number of fused-ring (bicyclic) bond motifs is 1. The second kappa shape index (κ2) is 5.90. The first kappa shape index (κ1) is 14.1. The van der Waals surface area contributed by atoms with Crippen LogP contribution < -0.4 is 0 Å². The van der Waals surface area contributed by atoms with Crippen molar-refractivity contribution in [1.29, 1.82) is 0 Å². The number of rotatable bonds is 3. The molecule has 1 aliphatic rings. The third kappa shape index (κ3) is 2.81. The molecule has 1 N–H and O–H groups in total. The largest absolute Gasteiger partial charge is 0.466 e. The fourth-order valence-corrected chi connectivity index (χ4v) is 2.97. The summed E-state index contributed by atoms with van der Waals surface area (Å²) < 4.78 is 5.09. The Labute approximate surface area is 128 Å². The van der Waals surface area contributed by atoms with Crippen LogP contribution in [0.15, 0.2) is 24.5 Å². The number of halogens is 1. The van der Waals surface area contributed by atoms with Gasteiger partial charge in [-0.1, -0.05) is 17.7 Å². The van der Waals surface area contributed by atoms with Crippen LogP contribution in [0.3, 0.4) is 0 Å². The second-order valence-electron chi connectivity index (χ2n) is 5.21. The molecule has 21 heavy (non-hydrogen) atoms. The summed E-state index contributed by atoms with van der Waals surface area (Å²) in [7, 11) is 0. The molecule has 4 nitrogen and oxygen atoms in total. The van der Waals surface area contributed by atoms with E-state index in [1.807, 2.05) is 19.2 Å². The fraction of sp³-hybridized carbons (Fsp3) is 0.375. The topological polar surface area (TPSA) is 55.0 Å². The standard InChI is InChI=1S/C16H17ClN2O2/c1-2-21-16(20)11-5-3-10(4-6-11)12-8-18-14-7-15(17)19-9-13(12)14/h3,7-9,11,18H,2,4-6H2,1H3. The molecule has 2 aromatic heterocycles. The highest BCUT2D eigenvalue weighted by Crippen LogP contribution is 2.34. The van der Waals surface area contributed by atoms with Gasteiger partial charge in [-0.2, -0.15) is 0 Å². The van der Waals surface area contributed by atoms with Crippen molar-refractivity contribution in [3.63, 3.8) is 0 Å². The molecule has 0 fully saturated rings. The van der Waals surface area contributed by atoms with Crippen molar-refractivity contribution in [2.24, 2.45) is 5.92 Å². The summed E-state index contributed by atoms with van der Waals surface area (Å²) in [5.41, 5.74) is 3.39. The molecule has 1 aliphatic carbocycles. The van der Waals surface area contributed by atoms with E-state index in [0.717, 1.165) is 35.7 Å². The number of H-pyrrole nitrogens is 1. The zero-order valence-electron chi connectivity index (χ0n) is 11.9. The van der Waals surface area contributed by atoms with Crippen molar-refractivity contribution in [3.05, 3.63) is 35.3 Å². The Morgan fingerprint density at radius 1 is 1.57 bits per heavy atom. The van der Waals surface area contributed by atoms with E-state index in [2.05, 4.69) is 16.0 Å². The van der Waals surface area contributed by atoms with Crippen LogP contribution in [0, 0.1) is 5.92 Å². The number of nitrogens with zero attached hydrogens (tertiary/aromatic N) is 1. The molecule has 1 atom stereocenters. The number of pyridine rings is 1. The van der Waals surface area contributed by atoms with Crippen LogP contribution in [0.1, 0.15) is 31.7 Å².